The Bertz CT molecular complexity index is 757. The molecule has 102 valence electrons. The minimum Gasteiger partial charge on any atom is -0.504 e. The van der Waals surface area contributed by atoms with Gasteiger partial charge < -0.3 is 14.9 Å². The van der Waals surface area contributed by atoms with Crippen LogP contribution in [0, 0.1) is 6.92 Å². The van der Waals surface area contributed by atoms with E-state index in [1.807, 2.05) is 37.3 Å². The summed E-state index contributed by atoms with van der Waals surface area (Å²) in [7, 11) is 1.53. The average molecular weight is 268 g/mol. The van der Waals surface area contributed by atoms with E-state index in [-0.39, 0.29) is 5.75 Å². The SMILES string of the molecule is C=C1C=Cc2cc3cc(C)c(O)c(OC)c3cc2C1O. The predicted molar refractivity (Wildman–Crippen MR) is 80.0 cm³/mol. The molecule has 0 heterocycles. The Labute approximate surface area is 117 Å². The van der Waals surface area contributed by atoms with E-state index in [2.05, 4.69) is 6.58 Å². The highest BCUT2D eigenvalue weighted by atomic mass is 16.5. The third-order valence-corrected chi connectivity index (χ3v) is 3.79. The third-order valence-electron chi connectivity index (χ3n) is 3.79. The highest BCUT2D eigenvalue weighted by Crippen LogP contribution is 2.41. The predicted octanol–water partition coefficient (Wildman–Crippen LogP) is 3.48. The molecule has 0 aromatic heterocycles. The Morgan fingerprint density at radius 2 is 1.95 bits per heavy atom. The fraction of sp³-hybridized carbons (Fsp3) is 0.176. The molecule has 1 aliphatic carbocycles. The second-order valence-corrected chi connectivity index (χ2v) is 5.09. The topological polar surface area (TPSA) is 49.7 Å². The van der Waals surface area contributed by atoms with Crippen molar-refractivity contribution in [1.29, 1.82) is 0 Å². The number of phenols is 1. The van der Waals surface area contributed by atoms with Crippen molar-refractivity contribution in [3.05, 3.63) is 53.1 Å². The molecule has 20 heavy (non-hydrogen) atoms. The molecule has 2 N–H and O–H groups in total. The van der Waals surface area contributed by atoms with Crippen LogP contribution in [0.2, 0.25) is 0 Å². The van der Waals surface area contributed by atoms with E-state index in [4.69, 9.17) is 4.74 Å². The fourth-order valence-electron chi connectivity index (χ4n) is 2.65. The molecule has 2 aromatic rings. The molecule has 0 saturated heterocycles. The lowest BCUT2D eigenvalue weighted by Crippen LogP contribution is -2.05. The average Bonchev–Trinajstić information content (AvgIpc) is 2.43. The first-order valence-corrected chi connectivity index (χ1v) is 6.42. The zero-order chi connectivity index (χ0) is 14.4. The molecule has 0 fully saturated rings. The Morgan fingerprint density at radius 3 is 2.65 bits per heavy atom. The normalized spacial score (nSPS) is 17.4. The van der Waals surface area contributed by atoms with Crippen LogP contribution in [0.3, 0.4) is 0 Å². The van der Waals surface area contributed by atoms with Crippen molar-refractivity contribution in [3.8, 4) is 11.5 Å². The molecule has 2 aromatic carbocycles. The van der Waals surface area contributed by atoms with Crippen LogP contribution in [0.25, 0.3) is 16.8 Å². The molecular weight excluding hydrogens is 252 g/mol. The van der Waals surface area contributed by atoms with Gasteiger partial charge in [-0.05, 0) is 52.8 Å². The number of methoxy groups -OCH3 is 1. The molecule has 3 nitrogen and oxygen atoms in total. The van der Waals surface area contributed by atoms with E-state index in [9.17, 15) is 10.2 Å². The van der Waals surface area contributed by atoms with Crippen LogP contribution in [-0.4, -0.2) is 17.3 Å². The van der Waals surface area contributed by atoms with Crippen LogP contribution >= 0.6 is 0 Å². The van der Waals surface area contributed by atoms with Gasteiger partial charge in [-0.2, -0.15) is 0 Å². The van der Waals surface area contributed by atoms with Gasteiger partial charge in [-0.25, -0.2) is 0 Å². The summed E-state index contributed by atoms with van der Waals surface area (Å²) >= 11 is 0. The molecule has 1 atom stereocenters. The quantitative estimate of drug-likeness (QED) is 0.832. The lowest BCUT2D eigenvalue weighted by atomic mass is 9.89. The Kier molecular flexibility index (Phi) is 2.80. The Morgan fingerprint density at radius 1 is 1.20 bits per heavy atom. The minimum absolute atomic E-state index is 0.139. The number of aryl methyl sites for hydroxylation is 1. The molecule has 0 radical (unpaired) electrons. The van der Waals surface area contributed by atoms with Gasteiger partial charge >= 0.3 is 0 Å². The molecule has 0 amide bonds. The minimum atomic E-state index is -0.715. The van der Waals surface area contributed by atoms with E-state index in [1.165, 1.54) is 7.11 Å². The summed E-state index contributed by atoms with van der Waals surface area (Å²) in [5.41, 5.74) is 3.17. The first-order chi connectivity index (χ1) is 9.52. The molecule has 1 unspecified atom stereocenters. The molecule has 0 aliphatic heterocycles. The molecule has 0 saturated carbocycles. The molecule has 1 aliphatic rings. The standard InChI is InChI=1S/C17H16O3/c1-9-4-5-11-7-12-6-10(2)16(19)17(20-3)14(12)8-13(11)15(9)18/h4-8,15,18-19H,1H2,2-3H3. The van der Waals surface area contributed by atoms with E-state index in [0.717, 1.165) is 27.5 Å². The maximum atomic E-state index is 10.2. The van der Waals surface area contributed by atoms with Crippen molar-refractivity contribution < 1.29 is 14.9 Å². The maximum Gasteiger partial charge on any atom is 0.168 e. The van der Waals surface area contributed by atoms with Crippen molar-refractivity contribution in [2.45, 2.75) is 13.0 Å². The van der Waals surface area contributed by atoms with Crippen LogP contribution in [0.5, 0.6) is 11.5 Å². The van der Waals surface area contributed by atoms with E-state index in [1.54, 1.807) is 0 Å². The smallest absolute Gasteiger partial charge is 0.168 e. The summed E-state index contributed by atoms with van der Waals surface area (Å²) in [6, 6.07) is 5.77. The zero-order valence-corrected chi connectivity index (χ0v) is 11.5. The van der Waals surface area contributed by atoms with Gasteiger partial charge in [-0.3, -0.25) is 0 Å². The molecule has 0 spiro atoms. The summed E-state index contributed by atoms with van der Waals surface area (Å²) in [5.74, 6) is 0.579. The van der Waals surface area contributed by atoms with Gasteiger partial charge in [0.15, 0.2) is 11.5 Å². The summed E-state index contributed by atoms with van der Waals surface area (Å²) in [6.45, 7) is 5.67. The molecular formula is C17H16O3. The van der Waals surface area contributed by atoms with Crippen molar-refractivity contribution in [2.75, 3.05) is 7.11 Å². The van der Waals surface area contributed by atoms with Gasteiger partial charge in [0.05, 0.1) is 7.11 Å². The van der Waals surface area contributed by atoms with Crippen LogP contribution in [-0.2, 0) is 0 Å². The van der Waals surface area contributed by atoms with Gasteiger partial charge in [0.25, 0.3) is 0 Å². The molecule has 0 bridgehead atoms. The third kappa shape index (κ3) is 1.71. The number of benzene rings is 2. The summed E-state index contributed by atoms with van der Waals surface area (Å²) in [5, 5.41) is 22.1. The monoisotopic (exact) mass is 268 g/mol. The van der Waals surface area contributed by atoms with Gasteiger partial charge in [0, 0.05) is 5.39 Å². The van der Waals surface area contributed by atoms with E-state index < -0.39 is 6.10 Å². The number of fused-ring (bicyclic) bond motifs is 2. The number of aliphatic hydroxyl groups excluding tert-OH is 1. The summed E-state index contributed by atoms with van der Waals surface area (Å²) < 4.78 is 5.32. The second kappa shape index (κ2) is 4.39. The fourth-order valence-corrected chi connectivity index (χ4v) is 2.65. The van der Waals surface area contributed by atoms with Crippen LogP contribution in [0.1, 0.15) is 22.8 Å². The highest BCUT2D eigenvalue weighted by Gasteiger charge is 2.20. The molecule has 3 heteroatoms. The number of hydrogen-bond donors (Lipinski definition) is 2. The zero-order valence-electron chi connectivity index (χ0n) is 11.5. The van der Waals surface area contributed by atoms with Crippen molar-refractivity contribution in [1.82, 2.24) is 0 Å². The lowest BCUT2D eigenvalue weighted by molar-refractivity contribution is 0.219. The summed E-state index contributed by atoms with van der Waals surface area (Å²) in [6.07, 6.45) is 3.05. The largest absolute Gasteiger partial charge is 0.504 e. The van der Waals surface area contributed by atoms with Gasteiger partial charge in [-0.15, -0.1) is 0 Å². The van der Waals surface area contributed by atoms with Crippen LogP contribution < -0.4 is 4.74 Å². The molecule has 3 rings (SSSR count). The summed E-state index contributed by atoms with van der Waals surface area (Å²) in [4.78, 5) is 0. The van der Waals surface area contributed by atoms with Gasteiger partial charge in [0.1, 0.15) is 6.10 Å². The number of rotatable bonds is 1. The van der Waals surface area contributed by atoms with Gasteiger partial charge in [0.2, 0.25) is 0 Å². The van der Waals surface area contributed by atoms with Crippen LogP contribution in [0.15, 0.2) is 36.4 Å². The lowest BCUT2D eigenvalue weighted by Gasteiger charge is -2.21. The number of phenolic OH excluding ortho intramolecular Hbond substituents is 1. The number of hydrogen-bond acceptors (Lipinski definition) is 3. The first kappa shape index (κ1) is 12.8. The maximum absolute atomic E-state index is 10.2. The Balaban J connectivity index is 2.38. The number of ether oxygens (including phenoxy) is 1. The van der Waals surface area contributed by atoms with Crippen molar-refractivity contribution in [2.24, 2.45) is 0 Å². The Hall–Kier alpha value is -2.26. The second-order valence-electron chi connectivity index (χ2n) is 5.09. The van der Waals surface area contributed by atoms with Crippen molar-refractivity contribution >= 4 is 16.8 Å². The van der Waals surface area contributed by atoms with Crippen molar-refractivity contribution in [3.63, 3.8) is 0 Å². The number of aliphatic hydroxyl groups is 1. The first-order valence-electron chi connectivity index (χ1n) is 6.42. The van der Waals surface area contributed by atoms with Gasteiger partial charge in [-0.1, -0.05) is 18.7 Å². The highest BCUT2D eigenvalue weighted by molar-refractivity contribution is 5.94. The van der Waals surface area contributed by atoms with E-state index in [0.29, 0.717) is 11.3 Å². The van der Waals surface area contributed by atoms with E-state index >= 15 is 0 Å². The van der Waals surface area contributed by atoms with Crippen LogP contribution in [0.4, 0.5) is 0 Å². The number of aromatic hydroxyl groups is 1.